The van der Waals surface area contributed by atoms with Gasteiger partial charge in [0.15, 0.2) is 13.0 Å². The van der Waals surface area contributed by atoms with Gasteiger partial charge in [-0.25, -0.2) is 9.36 Å². The Hall–Kier alpha value is -1.62. The molecule has 2 aliphatic heterocycles. The first-order valence-corrected chi connectivity index (χ1v) is 19.0. The highest BCUT2D eigenvalue weighted by Gasteiger charge is 2.62. The predicted octanol–water partition coefficient (Wildman–Crippen LogP) is 4.73. The lowest BCUT2D eigenvalue weighted by Gasteiger charge is -2.51. The van der Waals surface area contributed by atoms with Crippen molar-refractivity contribution in [2.45, 2.75) is 137 Å². The maximum atomic E-state index is 13.7. The van der Waals surface area contributed by atoms with Gasteiger partial charge >= 0.3 is 28.8 Å². The van der Waals surface area contributed by atoms with Crippen molar-refractivity contribution in [1.82, 2.24) is 9.13 Å². The molecule has 0 N–H and O–H groups in total. The van der Waals surface area contributed by atoms with Crippen molar-refractivity contribution in [2.75, 3.05) is 13.7 Å². The molecule has 0 aliphatic carbocycles. The van der Waals surface area contributed by atoms with E-state index >= 15 is 0 Å². The lowest BCUT2D eigenvalue weighted by molar-refractivity contribution is -0.157. The van der Waals surface area contributed by atoms with E-state index in [1.165, 1.54) is 10.8 Å². The van der Waals surface area contributed by atoms with Crippen LogP contribution in [0.2, 0.25) is 22.2 Å². The maximum Gasteiger partial charge on any atom is 0.336 e. The number of esters is 1. The van der Waals surface area contributed by atoms with Crippen molar-refractivity contribution in [1.29, 1.82) is 0 Å². The second-order valence-electron chi connectivity index (χ2n) is 13.9. The summed E-state index contributed by atoms with van der Waals surface area (Å²) in [5.41, 5.74) is -1.17. The van der Waals surface area contributed by atoms with E-state index in [4.69, 9.17) is 27.2 Å². The molecule has 2 fully saturated rings. The zero-order valence-electron chi connectivity index (χ0n) is 27.7. The van der Waals surface area contributed by atoms with E-state index in [2.05, 4.69) is 55.4 Å². The summed E-state index contributed by atoms with van der Waals surface area (Å²) >= 11 is 0. The van der Waals surface area contributed by atoms with Crippen molar-refractivity contribution >= 4 is 23.1 Å². The van der Waals surface area contributed by atoms with Crippen molar-refractivity contribution in [3.05, 3.63) is 32.6 Å². The standard InChI is InChI=1S/C29H52N2O9Si2/c1-17(2)41(18(3)4)37-15-22-23(39-42(40-41,19(5)6)20(7)8)24(35-13)26(38-22)30-14-21(9)25(32)31(28(30)34)16-36-27(33)29(10,11)12/h14,17-20,22-24,26H,15-16H2,1-13H3/t22-,23-,24+,26+/m0/s1. The van der Waals surface area contributed by atoms with Gasteiger partial charge in [-0.2, -0.15) is 0 Å². The molecule has 13 heteroatoms. The highest BCUT2D eigenvalue weighted by atomic mass is 28.5. The minimum absolute atomic E-state index is 0.102. The monoisotopic (exact) mass is 628 g/mol. The molecular formula is C29H52N2O9Si2. The Morgan fingerprint density at radius 2 is 1.55 bits per heavy atom. The van der Waals surface area contributed by atoms with Crippen molar-refractivity contribution in [3.63, 3.8) is 0 Å². The number of nitrogens with zero attached hydrogens (tertiary/aromatic N) is 2. The van der Waals surface area contributed by atoms with E-state index in [1.807, 2.05) is 0 Å². The van der Waals surface area contributed by atoms with Gasteiger partial charge in [0.05, 0.1) is 12.0 Å². The first kappa shape index (κ1) is 34.9. The Labute approximate surface area is 252 Å². The number of fused-ring (bicyclic) bond motifs is 1. The van der Waals surface area contributed by atoms with Crippen LogP contribution in [0.1, 0.15) is 88.0 Å². The number of aromatic nitrogens is 2. The number of ether oxygens (including phenoxy) is 3. The zero-order valence-corrected chi connectivity index (χ0v) is 29.7. The molecule has 0 amide bonds. The molecule has 3 rings (SSSR count). The van der Waals surface area contributed by atoms with Gasteiger partial charge < -0.3 is 27.2 Å². The SMILES string of the molecule is CO[C@@H]1[C@H]2O[Si](C(C)C)(C(C)C)O[Si](C(C)C)(C(C)C)OC[C@@H]2O[C@H]1n1cc(C)c(=O)n(COC(=O)C(C)(C)C)c1=O. The molecule has 240 valence electrons. The number of hydrogen-bond donors (Lipinski definition) is 0. The van der Waals surface area contributed by atoms with Crippen LogP contribution >= 0.6 is 0 Å². The molecule has 0 aromatic carbocycles. The van der Waals surface area contributed by atoms with Gasteiger partial charge in [0.1, 0.15) is 18.3 Å². The Kier molecular flexibility index (Phi) is 10.6. The average molecular weight is 629 g/mol. The molecule has 0 spiro atoms. The molecule has 4 atom stereocenters. The lowest BCUT2D eigenvalue weighted by Crippen LogP contribution is -2.65. The van der Waals surface area contributed by atoms with Crippen molar-refractivity contribution in [2.24, 2.45) is 5.41 Å². The van der Waals surface area contributed by atoms with Gasteiger partial charge in [-0.3, -0.25) is 14.2 Å². The number of rotatable bonds is 8. The molecule has 3 heterocycles. The van der Waals surface area contributed by atoms with Crippen LogP contribution in [-0.2, 0) is 38.7 Å². The number of carbonyl (C=O) groups is 1. The molecule has 0 unspecified atom stereocenters. The summed E-state index contributed by atoms with van der Waals surface area (Å²) in [7, 11) is -4.20. The van der Waals surface area contributed by atoms with E-state index in [0.717, 1.165) is 4.57 Å². The summed E-state index contributed by atoms with van der Waals surface area (Å²) in [5.74, 6) is -0.524. The van der Waals surface area contributed by atoms with Crippen LogP contribution in [0.25, 0.3) is 0 Å². The Balaban J connectivity index is 2.11. The van der Waals surface area contributed by atoms with Gasteiger partial charge in [0, 0.05) is 18.9 Å². The van der Waals surface area contributed by atoms with Crippen LogP contribution in [0.5, 0.6) is 0 Å². The van der Waals surface area contributed by atoms with Gasteiger partial charge in [-0.05, 0) is 49.9 Å². The van der Waals surface area contributed by atoms with Crippen LogP contribution < -0.4 is 11.2 Å². The van der Waals surface area contributed by atoms with Crippen LogP contribution in [0.15, 0.2) is 15.8 Å². The predicted molar refractivity (Wildman–Crippen MR) is 164 cm³/mol. The molecule has 11 nitrogen and oxygen atoms in total. The van der Waals surface area contributed by atoms with E-state index < -0.39 is 71.0 Å². The summed E-state index contributed by atoms with van der Waals surface area (Å²) in [6.45, 7) is 23.6. The number of methoxy groups -OCH3 is 1. The fraction of sp³-hybridized carbons (Fsp3) is 0.828. The molecule has 0 radical (unpaired) electrons. The van der Waals surface area contributed by atoms with Crippen molar-refractivity contribution < 1.29 is 32.0 Å². The van der Waals surface area contributed by atoms with Crippen LogP contribution in [-0.4, -0.2) is 64.3 Å². The van der Waals surface area contributed by atoms with E-state index in [1.54, 1.807) is 34.8 Å². The smallest absolute Gasteiger partial charge is 0.336 e. The third-order valence-electron chi connectivity index (χ3n) is 8.47. The average Bonchev–Trinajstić information content (AvgIpc) is 3.20. The molecular weight excluding hydrogens is 576 g/mol. The molecule has 1 aromatic rings. The van der Waals surface area contributed by atoms with Gasteiger partial charge in [0.25, 0.3) is 5.56 Å². The maximum absolute atomic E-state index is 13.7. The second kappa shape index (κ2) is 12.8. The minimum atomic E-state index is -2.97. The van der Waals surface area contributed by atoms with Crippen molar-refractivity contribution in [3.8, 4) is 0 Å². The molecule has 0 bridgehead atoms. The topological polar surface area (TPSA) is 116 Å². The largest absolute Gasteiger partial charge is 0.443 e. The first-order valence-electron chi connectivity index (χ1n) is 15.0. The summed E-state index contributed by atoms with van der Waals surface area (Å²) in [5, 5.41) is 0. The summed E-state index contributed by atoms with van der Waals surface area (Å²) in [6.07, 6.45) is -1.25. The van der Waals surface area contributed by atoms with Gasteiger partial charge in [-0.15, -0.1) is 0 Å². The lowest BCUT2D eigenvalue weighted by atomic mass is 9.98. The van der Waals surface area contributed by atoms with Gasteiger partial charge in [-0.1, -0.05) is 55.4 Å². The molecule has 0 saturated carbocycles. The summed E-state index contributed by atoms with van der Waals surface area (Å²) < 4.78 is 41.4. The fourth-order valence-electron chi connectivity index (χ4n) is 5.99. The summed E-state index contributed by atoms with van der Waals surface area (Å²) in [4.78, 5) is 39.1. The first-order chi connectivity index (χ1) is 19.3. The van der Waals surface area contributed by atoms with Crippen LogP contribution in [0, 0.1) is 12.3 Å². The third kappa shape index (κ3) is 6.29. The van der Waals surface area contributed by atoms with E-state index in [0.29, 0.717) is 5.56 Å². The molecule has 1 aromatic heterocycles. The highest BCUT2D eigenvalue weighted by molar-refractivity contribution is 6.84. The highest BCUT2D eigenvalue weighted by Crippen LogP contribution is 2.48. The van der Waals surface area contributed by atoms with Gasteiger partial charge in [0.2, 0.25) is 0 Å². The zero-order chi connectivity index (χ0) is 31.9. The minimum Gasteiger partial charge on any atom is -0.443 e. The quantitative estimate of drug-likeness (QED) is 0.297. The fourth-order valence-corrected chi connectivity index (χ4v) is 17.2. The third-order valence-corrected chi connectivity index (χ3v) is 18.7. The Bertz CT molecular complexity index is 1220. The molecule has 2 aliphatic rings. The van der Waals surface area contributed by atoms with E-state index in [-0.39, 0.29) is 28.8 Å². The van der Waals surface area contributed by atoms with Crippen LogP contribution in [0.4, 0.5) is 0 Å². The van der Waals surface area contributed by atoms with Crippen LogP contribution in [0.3, 0.4) is 0 Å². The Morgan fingerprint density at radius 1 is 1.00 bits per heavy atom. The molecule has 2 saturated heterocycles. The number of carbonyl (C=O) groups excluding carboxylic acids is 1. The summed E-state index contributed by atoms with van der Waals surface area (Å²) in [6, 6.07) is 0. The number of aryl methyl sites for hydroxylation is 1. The Morgan fingerprint density at radius 3 is 2.02 bits per heavy atom. The molecule has 42 heavy (non-hydrogen) atoms. The normalized spacial score (nSPS) is 26.0. The second-order valence-corrected chi connectivity index (χ2v) is 22.7. The number of hydrogen-bond acceptors (Lipinski definition) is 9. The van der Waals surface area contributed by atoms with E-state index in [9.17, 15) is 14.4 Å².